The van der Waals surface area contributed by atoms with E-state index < -0.39 is 0 Å². The molecule has 0 aliphatic carbocycles. The fourth-order valence-electron chi connectivity index (χ4n) is 2.79. The maximum atomic E-state index is 11.8. The Hall–Kier alpha value is -2.37. The minimum absolute atomic E-state index is 0.0453. The molecule has 1 atom stereocenters. The van der Waals surface area contributed by atoms with E-state index >= 15 is 0 Å². The molecular weight excluding hydrogens is 304 g/mol. The second kappa shape index (κ2) is 7.95. The molecule has 1 aliphatic heterocycles. The van der Waals surface area contributed by atoms with Gasteiger partial charge < -0.3 is 5.32 Å². The van der Waals surface area contributed by atoms with Gasteiger partial charge in [0.25, 0.3) is 0 Å². The van der Waals surface area contributed by atoms with Gasteiger partial charge in [0.2, 0.25) is 0 Å². The molecule has 1 fully saturated rings. The van der Waals surface area contributed by atoms with Gasteiger partial charge >= 0.3 is 0 Å². The summed E-state index contributed by atoms with van der Waals surface area (Å²) >= 11 is 0. The van der Waals surface area contributed by atoms with Crippen molar-refractivity contribution in [1.29, 1.82) is 0 Å². The van der Waals surface area contributed by atoms with Crippen LogP contribution in [0.5, 0.6) is 11.5 Å². The summed E-state index contributed by atoms with van der Waals surface area (Å²) in [6.07, 6.45) is 0. The zero-order chi connectivity index (χ0) is 16.8. The Bertz CT molecular complexity index is 658. The van der Waals surface area contributed by atoms with Crippen molar-refractivity contribution in [2.45, 2.75) is 19.5 Å². The number of ketones is 1. The van der Waals surface area contributed by atoms with Gasteiger partial charge in [0.05, 0.1) is 6.04 Å². The van der Waals surface area contributed by atoms with Crippen molar-refractivity contribution in [1.82, 2.24) is 10.2 Å². The number of hydrogen-bond donors (Lipinski definition) is 1. The first-order chi connectivity index (χ1) is 11.7. The largest absolute Gasteiger partial charge is 0.313 e. The molecule has 24 heavy (non-hydrogen) atoms. The molecule has 1 saturated heterocycles. The normalized spacial score (nSPS) is 18.1. The summed E-state index contributed by atoms with van der Waals surface area (Å²) in [7, 11) is 0. The topological polar surface area (TPSA) is 50.8 Å². The highest BCUT2D eigenvalue weighted by molar-refractivity contribution is 5.81. The molecule has 1 aliphatic rings. The standard InChI is InChI=1S/C19H22N2O3/c1-15(22)19-13-20-11-12-21(19)14-16-7-9-18(10-8-16)24-23-17-5-3-2-4-6-17/h2-10,19-20H,11-14H2,1H3. The van der Waals surface area contributed by atoms with Crippen LogP contribution in [0.15, 0.2) is 54.6 Å². The second-order valence-corrected chi connectivity index (χ2v) is 5.92. The van der Waals surface area contributed by atoms with E-state index in [1.54, 1.807) is 6.92 Å². The number of nitrogens with zero attached hydrogens (tertiary/aromatic N) is 1. The first kappa shape index (κ1) is 16.5. The summed E-state index contributed by atoms with van der Waals surface area (Å²) in [6, 6.07) is 17.1. The van der Waals surface area contributed by atoms with E-state index in [2.05, 4.69) is 10.2 Å². The third kappa shape index (κ3) is 4.34. The van der Waals surface area contributed by atoms with Crippen molar-refractivity contribution >= 4 is 5.78 Å². The molecule has 0 spiro atoms. The maximum absolute atomic E-state index is 11.8. The smallest absolute Gasteiger partial charge is 0.178 e. The molecular formula is C19H22N2O3. The molecule has 126 valence electrons. The summed E-state index contributed by atoms with van der Waals surface area (Å²) < 4.78 is 0. The van der Waals surface area contributed by atoms with Crippen molar-refractivity contribution in [2.24, 2.45) is 0 Å². The molecule has 0 aromatic heterocycles. The predicted molar refractivity (Wildman–Crippen MR) is 91.9 cm³/mol. The van der Waals surface area contributed by atoms with Crippen LogP contribution in [0.3, 0.4) is 0 Å². The van der Waals surface area contributed by atoms with Crippen LogP contribution >= 0.6 is 0 Å². The lowest BCUT2D eigenvalue weighted by Crippen LogP contribution is -2.53. The number of nitrogens with one attached hydrogen (secondary N) is 1. The molecule has 0 bridgehead atoms. The van der Waals surface area contributed by atoms with Gasteiger partial charge in [0.1, 0.15) is 5.78 Å². The predicted octanol–water partition coefficient (Wildman–Crippen LogP) is 2.42. The van der Waals surface area contributed by atoms with E-state index in [1.165, 1.54) is 0 Å². The van der Waals surface area contributed by atoms with E-state index in [9.17, 15) is 4.79 Å². The van der Waals surface area contributed by atoms with Gasteiger partial charge in [-0.2, -0.15) is 0 Å². The van der Waals surface area contributed by atoms with Gasteiger partial charge in [-0.1, -0.05) is 30.3 Å². The molecule has 0 saturated carbocycles. The lowest BCUT2D eigenvalue weighted by Gasteiger charge is -2.34. The summed E-state index contributed by atoms with van der Waals surface area (Å²) in [5, 5.41) is 3.27. The Morgan fingerprint density at radius 3 is 2.42 bits per heavy atom. The summed E-state index contributed by atoms with van der Waals surface area (Å²) in [5.74, 6) is 1.51. The number of carbonyl (C=O) groups is 1. The lowest BCUT2D eigenvalue weighted by molar-refractivity contribution is -0.122. The van der Waals surface area contributed by atoms with E-state index in [0.29, 0.717) is 11.5 Å². The Morgan fingerprint density at radius 1 is 1.08 bits per heavy atom. The van der Waals surface area contributed by atoms with Crippen LogP contribution in [0.25, 0.3) is 0 Å². The van der Waals surface area contributed by atoms with Crippen molar-refractivity contribution in [2.75, 3.05) is 19.6 Å². The highest BCUT2D eigenvalue weighted by Gasteiger charge is 2.25. The molecule has 5 heteroatoms. The molecule has 1 heterocycles. The first-order valence-electron chi connectivity index (χ1n) is 8.16. The number of piperazine rings is 1. The molecule has 5 nitrogen and oxygen atoms in total. The van der Waals surface area contributed by atoms with Crippen LogP contribution in [0.4, 0.5) is 0 Å². The van der Waals surface area contributed by atoms with Crippen molar-refractivity contribution in [3.63, 3.8) is 0 Å². The zero-order valence-electron chi connectivity index (χ0n) is 13.8. The number of Topliss-reactive ketones (excluding diaryl/α,β-unsaturated/α-hetero) is 1. The first-order valence-corrected chi connectivity index (χ1v) is 8.16. The van der Waals surface area contributed by atoms with Gasteiger partial charge in [-0.05, 0) is 36.8 Å². The SMILES string of the molecule is CC(=O)C1CNCCN1Cc1ccc(OOc2ccccc2)cc1. The van der Waals surface area contributed by atoms with E-state index in [0.717, 1.165) is 31.7 Å². The van der Waals surface area contributed by atoms with E-state index in [-0.39, 0.29) is 11.8 Å². The number of para-hydroxylation sites is 1. The van der Waals surface area contributed by atoms with Crippen LogP contribution in [0.1, 0.15) is 12.5 Å². The van der Waals surface area contributed by atoms with E-state index in [4.69, 9.17) is 9.78 Å². The fourth-order valence-corrected chi connectivity index (χ4v) is 2.79. The molecule has 1 unspecified atom stereocenters. The van der Waals surface area contributed by atoms with Crippen LogP contribution < -0.4 is 15.1 Å². The highest BCUT2D eigenvalue weighted by Crippen LogP contribution is 2.17. The van der Waals surface area contributed by atoms with Gasteiger partial charge in [0, 0.05) is 26.2 Å². The molecule has 2 aromatic carbocycles. The van der Waals surface area contributed by atoms with Crippen molar-refractivity contribution in [3.05, 3.63) is 60.2 Å². The number of benzene rings is 2. The van der Waals surface area contributed by atoms with Crippen LogP contribution in [-0.4, -0.2) is 36.4 Å². The molecule has 3 rings (SSSR count). The average molecular weight is 326 g/mol. The Kier molecular flexibility index (Phi) is 5.46. The zero-order valence-corrected chi connectivity index (χ0v) is 13.8. The number of hydrogen-bond acceptors (Lipinski definition) is 5. The van der Waals surface area contributed by atoms with E-state index in [1.807, 2.05) is 54.6 Å². The fraction of sp³-hybridized carbons (Fsp3) is 0.316. The summed E-state index contributed by atoms with van der Waals surface area (Å²) in [6.45, 7) is 4.92. The molecule has 0 amide bonds. The highest BCUT2D eigenvalue weighted by atomic mass is 17.2. The van der Waals surface area contributed by atoms with Gasteiger partial charge in [-0.25, -0.2) is 0 Å². The number of rotatable bonds is 6. The van der Waals surface area contributed by atoms with Gasteiger partial charge in [-0.15, -0.1) is 0 Å². The summed E-state index contributed by atoms with van der Waals surface area (Å²) in [4.78, 5) is 24.6. The van der Waals surface area contributed by atoms with Crippen LogP contribution in [0.2, 0.25) is 0 Å². The van der Waals surface area contributed by atoms with Crippen molar-refractivity contribution in [3.8, 4) is 11.5 Å². The summed E-state index contributed by atoms with van der Waals surface area (Å²) in [5.41, 5.74) is 1.15. The minimum Gasteiger partial charge on any atom is -0.313 e. The Labute approximate surface area is 142 Å². The molecule has 0 radical (unpaired) electrons. The molecule has 1 N–H and O–H groups in total. The Balaban J connectivity index is 1.57. The third-order valence-corrected chi connectivity index (χ3v) is 4.11. The molecule has 2 aromatic rings. The number of carbonyl (C=O) groups excluding carboxylic acids is 1. The van der Waals surface area contributed by atoms with Crippen LogP contribution in [0, 0.1) is 0 Å². The van der Waals surface area contributed by atoms with Gasteiger partial charge in [0.15, 0.2) is 11.5 Å². The monoisotopic (exact) mass is 326 g/mol. The minimum atomic E-state index is -0.0453. The maximum Gasteiger partial charge on any atom is 0.178 e. The van der Waals surface area contributed by atoms with Gasteiger partial charge in [-0.3, -0.25) is 19.5 Å². The quantitative estimate of drug-likeness (QED) is 0.653. The Morgan fingerprint density at radius 2 is 1.75 bits per heavy atom. The van der Waals surface area contributed by atoms with Crippen LogP contribution in [-0.2, 0) is 11.3 Å². The van der Waals surface area contributed by atoms with Crippen molar-refractivity contribution < 1.29 is 14.6 Å². The lowest BCUT2D eigenvalue weighted by atomic mass is 10.1. The third-order valence-electron chi connectivity index (χ3n) is 4.11. The average Bonchev–Trinajstić information content (AvgIpc) is 2.62. The second-order valence-electron chi connectivity index (χ2n) is 5.92.